The molecule has 0 saturated carbocycles. The summed E-state index contributed by atoms with van der Waals surface area (Å²) in [5.41, 5.74) is 5.97. The third kappa shape index (κ3) is 1.89. The van der Waals surface area contributed by atoms with Gasteiger partial charge in [-0.3, -0.25) is 9.89 Å². The molecular formula is C13H12N4O4. The number of aromatic nitrogens is 3. The molecule has 108 valence electrons. The number of H-pyrrole nitrogens is 2. The van der Waals surface area contributed by atoms with Gasteiger partial charge in [0.05, 0.1) is 17.6 Å². The van der Waals surface area contributed by atoms with Crippen LogP contribution in [0, 0.1) is 0 Å². The molecule has 0 aliphatic rings. The van der Waals surface area contributed by atoms with Crippen molar-refractivity contribution in [1.82, 2.24) is 15.2 Å². The summed E-state index contributed by atoms with van der Waals surface area (Å²) in [7, 11) is 0. The first-order valence-corrected chi connectivity index (χ1v) is 6.05. The van der Waals surface area contributed by atoms with Crippen molar-refractivity contribution in [3.63, 3.8) is 0 Å². The second kappa shape index (κ2) is 4.53. The Labute approximate surface area is 117 Å². The minimum Gasteiger partial charge on any atom is -0.508 e. The number of rotatable bonds is 2. The van der Waals surface area contributed by atoms with Crippen molar-refractivity contribution in [2.24, 2.45) is 0 Å². The van der Waals surface area contributed by atoms with Crippen LogP contribution >= 0.6 is 0 Å². The van der Waals surface area contributed by atoms with Crippen LogP contribution in [0.3, 0.4) is 0 Å². The van der Waals surface area contributed by atoms with Crippen molar-refractivity contribution >= 4 is 16.9 Å². The lowest BCUT2D eigenvalue weighted by molar-refractivity contribution is 0.283. The first-order valence-electron chi connectivity index (χ1n) is 6.05. The number of hydrogen-bond acceptors (Lipinski definition) is 6. The molecule has 2 aromatic heterocycles. The Kier molecular flexibility index (Phi) is 2.80. The smallest absolute Gasteiger partial charge is 0.258 e. The number of phenols is 2. The Morgan fingerprint density at radius 1 is 1.29 bits per heavy atom. The van der Waals surface area contributed by atoms with E-state index in [1.165, 1.54) is 12.1 Å². The Morgan fingerprint density at radius 2 is 2.05 bits per heavy atom. The molecule has 0 amide bonds. The van der Waals surface area contributed by atoms with Crippen LogP contribution in [-0.2, 0) is 6.61 Å². The van der Waals surface area contributed by atoms with E-state index in [0.717, 1.165) is 6.07 Å². The molecule has 0 aliphatic heterocycles. The van der Waals surface area contributed by atoms with Crippen molar-refractivity contribution in [2.45, 2.75) is 6.61 Å². The molecule has 0 spiro atoms. The van der Waals surface area contributed by atoms with Gasteiger partial charge in [0.25, 0.3) is 5.56 Å². The van der Waals surface area contributed by atoms with Gasteiger partial charge in [-0.05, 0) is 12.1 Å². The summed E-state index contributed by atoms with van der Waals surface area (Å²) >= 11 is 0. The SMILES string of the molecule is Nc1[nH]nc2[nH]c(=O)c(-c3ccc(O)cc3O)c(CO)c12. The highest BCUT2D eigenvalue weighted by Gasteiger charge is 2.20. The molecule has 2 heterocycles. The standard InChI is InChI=1S/C13H12N4O4/c14-11-10-7(4-18)9(13(21)15-12(10)17-16-11)6-2-1-5(19)3-8(6)20/h1-3,18-20H,4H2,(H4,14,15,16,17,21). The number of aromatic hydroxyl groups is 2. The molecule has 21 heavy (non-hydrogen) atoms. The number of aliphatic hydroxyl groups is 1. The number of benzene rings is 1. The number of phenolic OH excluding ortho intramolecular Hbond substituents is 2. The maximum atomic E-state index is 12.2. The van der Waals surface area contributed by atoms with E-state index in [9.17, 15) is 20.1 Å². The first-order chi connectivity index (χ1) is 10.0. The van der Waals surface area contributed by atoms with E-state index in [4.69, 9.17) is 5.73 Å². The molecule has 8 nitrogen and oxygen atoms in total. The van der Waals surface area contributed by atoms with E-state index in [-0.39, 0.29) is 39.7 Å². The van der Waals surface area contributed by atoms with Crippen LogP contribution in [0.25, 0.3) is 22.2 Å². The van der Waals surface area contributed by atoms with Crippen LogP contribution in [0.15, 0.2) is 23.0 Å². The van der Waals surface area contributed by atoms with Crippen LogP contribution in [0.4, 0.5) is 5.82 Å². The second-order valence-corrected chi connectivity index (χ2v) is 4.53. The molecule has 3 aromatic rings. The zero-order valence-electron chi connectivity index (χ0n) is 10.7. The van der Waals surface area contributed by atoms with Gasteiger partial charge in [0.1, 0.15) is 17.3 Å². The predicted octanol–water partition coefficient (Wildman–Crippen LogP) is 0.404. The lowest BCUT2D eigenvalue weighted by Crippen LogP contribution is -2.13. The van der Waals surface area contributed by atoms with Crippen molar-refractivity contribution in [3.05, 3.63) is 34.1 Å². The molecule has 0 atom stereocenters. The highest BCUT2D eigenvalue weighted by atomic mass is 16.3. The van der Waals surface area contributed by atoms with Gasteiger partial charge in [0.2, 0.25) is 0 Å². The minimum absolute atomic E-state index is 0.0793. The average molecular weight is 288 g/mol. The van der Waals surface area contributed by atoms with Crippen LogP contribution in [0.2, 0.25) is 0 Å². The maximum absolute atomic E-state index is 12.2. The summed E-state index contributed by atoms with van der Waals surface area (Å²) in [6.07, 6.45) is 0. The topological polar surface area (TPSA) is 148 Å². The van der Waals surface area contributed by atoms with Gasteiger partial charge in [-0.1, -0.05) is 0 Å². The molecule has 1 aromatic carbocycles. The van der Waals surface area contributed by atoms with Crippen LogP contribution in [0.5, 0.6) is 11.5 Å². The number of nitrogens with two attached hydrogens (primary N) is 1. The molecule has 0 aliphatic carbocycles. The van der Waals surface area contributed by atoms with E-state index < -0.39 is 12.2 Å². The van der Waals surface area contributed by atoms with Gasteiger partial charge >= 0.3 is 0 Å². The van der Waals surface area contributed by atoms with Gasteiger partial charge in [0.15, 0.2) is 5.65 Å². The lowest BCUT2D eigenvalue weighted by Gasteiger charge is -2.10. The Bertz CT molecular complexity index is 897. The maximum Gasteiger partial charge on any atom is 0.258 e. The van der Waals surface area contributed by atoms with Gasteiger partial charge < -0.3 is 26.0 Å². The fourth-order valence-corrected chi connectivity index (χ4v) is 2.36. The van der Waals surface area contributed by atoms with Crippen LogP contribution < -0.4 is 11.3 Å². The summed E-state index contributed by atoms with van der Waals surface area (Å²) in [4.78, 5) is 14.8. The fourth-order valence-electron chi connectivity index (χ4n) is 2.36. The number of hydrogen-bond donors (Lipinski definition) is 6. The molecule has 0 radical (unpaired) electrons. The average Bonchev–Trinajstić information content (AvgIpc) is 2.79. The molecule has 0 bridgehead atoms. The number of pyridine rings is 1. The molecule has 0 unspecified atom stereocenters. The molecule has 0 saturated heterocycles. The highest BCUT2D eigenvalue weighted by molar-refractivity contribution is 5.94. The first kappa shape index (κ1) is 13.0. The highest BCUT2D eigenvalue weighted by Crippen LogP contribution is 2.35. The van der Waals surface area contributed by atoms with Gasteiger partial charge in [0, 0.05) is 17.2 Å². The number of nitrogens with zero attached hydrogens (tertiary/aromatic N) is 1. The van der Waals surface area contributed by atoms with Crippen molar-refractivity contribution in [1.29, 1.82) is 0 Å². The predicted molar refractivity (Wildman–Crippen MR) is 75.8 cm³/mol. The Hall–Kier alpha value is -3.00. The summed E-state index contributed by atoms with van der Waals surface area (Å²) in [6.45, 7) is -0.459. The van der Waals surface area contributed by atoms with Crippen molar-refractivity contribution in [3.8, 4) is 22.6 Å². The minimum atomic E-state index is -0.529. The van der Waals surface area contributed by atoms with E-state index in [2.05, 4.69) is 15.2 Å². The molecular weight excluding hydrogens is 276 g/mol. The van der Waals surface area contributed by atoms with Crippen LogP contribution in [0.1, 0.15) is 5.56 Å². The van der Waals surface area contributed by atoms with Gasteiger partial charge in [-0.2, -0.15) is 5.10 Å². The molecule has 3 rings (SSSR count). The zero-order chi connectivity index (χ0) is 15.1. The summed E-state index contributed by atoms with van der Waals surface area (Å²) < 4.78 is 0. The number of anilines is 1. The number of nitrogen functional groups attached to an aromatic ring is 1. The third-order valence-corrected chi connectivity index (χ3v) is 3.27. The fraction of sp³-hybridized carbons (Fsp3) is 0.0769. The van der Waals surface area contributed by atoms with Gasteiger partial charge in [-0.25, -0.2) is 0 Å². The largest absolute Gasteiger partial charge is 0.508 e. The van der Waals surface area contributed by atoms with Crippen LogP contribution in [-0.4, -0.2) is 30.5 Å². The number of aromatic amines is 2. The Morgan fingerprint density at radius 3 is 2.71 bits per heavy atom. The normalized spacial score (nSPS) is 11.1. The molecule has 7 N–H and O–H groups in total. The zero-order valence-corrected chi connectivity index (χ0v) is 10.7. The lowest BCUT2D eigenvalue weighted by atomic mass is 9.98. The van der Waals surface area contributed by atoms with Crippen molar-refractivity contribution < 1.29 is 15.3 Å². The van der Waals surface area contributed by atoms with E-state index in [1.807, 2.05) is 0 Å². The number of nitrogens with one attached hydrogen (secondary N) is 2. The van der Waals surface area contributed by atoms with Gasteiger partial charge in [-0.15, -0.1) is 0 Å². The molecule has 0 fully saturated rings. The Balaban J connectivity index is 2.44. The molecule has 8 heteroatoms. The quantitative estimate of drug-likeness (QED) is 0.402. The third-order valence-electron chi connectivity index (χ3n) is 3.27. The number of aliphatic hydroxyl groups excluding tert-OH is 1. The van der Waals surface area contributed by atoms with E-state index in [0.29, 0.717) is 5.39 Å². The second-order valence-electron chi connectivity index (χ2n) is 4.53. The summed E-state index contributed by atoms with van der Waals surface area (Å²) in [6, 6.07) is 3.83. The summed E-state index contributed by atoms with van der Waals surface area (Å²) in [5, 5.41) is 35.6. The summed E-state index contributed by atoms with van der Waals surface area (Å²) in [5.74, 6) is -0.219. The monoisotopic (exact) mass is 288 g/mol. The number of fused-ring (bicyclic) bond motifs is 1. The van der Waals surface area contributed by atoms with E-state index in [1.54, 1.807) is 0 Å². The van der Waals surface area contributed by atoms with E-state index >= 15 is 0 Å². The van der Waals surface area contributed by atoms with Crippen molar-refractivity contribution in [2.75, 3.05) is 5.73 Å².